The molecular formula is C21H15F3N2. The van der Waals surface area contributed by atoms with Gasteiger partial charge in [0, 0.05) is 5.56 Å². The van der Waals surface area contributed by atoms with Crippen molar-refractivity contribution in [3.05, 3.63) is 94.8 Å². The van der Waals surface area contributed by atoms with Crippen LogP contribution < -0.4 is 0 Å². The Morgan fingerprint density at radius 1 is 0.654 bits per heavy atom. The molecule has 0 aliphatic carbocycles. The number of nitrogens with zero attached hydrogens (tertiary/aromatic N) is 2. The molecule has 2 nitrogen and oxygen atoms in total. The van der Waals surface area contributed by atoms with Crippen LogP contribution in [0.1, 0.15) is 16.7 Å². The van der Waals surface area contributed by atoms with Crippen molar-refractivity contribution in [3.8, 4) is 11.1 Å². The third-order valence-electron chi connectivity index (χ3n) is 3.77. The maximum atomic E-state index is 14.0. The first-order valence-corrected chi connectivity index (χ1v) is 7.91. The summed E-state index contributed by atoms with van der Waals surface area (Å²) in [5, 5.41) is 7.68. The van der Waals surface area contributed by atoms with Crippen LogP contribution in [0.3, 0.4) is 0 Å². The highest BCUT2D eigenvalue weighted by Gasteiger charge is 2.04. The third-order valence-corrected chi connectivity index (χ3v) is 3.77. The molecule has 0 saturated heterocycles. The van der Waals surface area contributed by atoms with Gasteiger partial charge in [-0.2, -0.15) is 10.2 Å². The van der Waals surface area contributed by atoms with Gasteiger partial charge < -0.3 is 0 Å². The molecule has 0 fully saturated rings. The second-order valence-electron chi connectivity index (χ2n) is 5.77. The van der Waals surface area contributed by atoms with Gasteiger partial charge in [-0.25, -0.2) is 13.2 Å². The Balaban J connectivity index is 1.69. The van der Waals surface area contributed by atoms with Gasteiger partial charge in [0.05, 0.1) is 12.4 Å². The summed E-state index contributed by atoms with van der Waals surface area (Å²) in [6.45, 7) is 1.84. The molecule has 0 heterocycles. The van der Waals surface area contributed by atoms with E-state index >= 15 is 0 Å². The summed E-state index contributed by atoms with van der Waals surface area (Å²) in [6.07, 6.45) is 2.85. The molecule has 0 saturated carbocycles. The number of rotatable bonds is 4. The van der Waals surface area contributed by atoms with Crippen LogP contribution >= 0.6 is 0 Å². The molecule has 5 heteroatoms. The first kappa shape index (κ1) is 17.6. The molecule has 0 aliphatic rings. The van der Waals surface area contributed by atoms with Crippen molar-refractivity contribution < 1.29 is 13.2 Å². The highest BCUT2D eigenvalue weighted by molar-refractivity contribution is 5.83. The molecule has 0 atom stereocenters. The largest absolute Gasteiger partial charge is 0.206 e. The van der Waals surface area contributed by atoms with E-state index in [0.717, 1.165) is 28.8 Å². The quantitative estimate of drug-likeness (QED) is 0.435. The normalized spacial score (nSPS) is 11.5. The maximum absolute atomic E-state index is 14.0. The van der Waals surface area contributed by atoms with E-state index in [4.69, 9.17) is 0 Å². The Bertz CT molecular complexity index is 977. The van der Waals surface area contributed by atoms with Crippen LogP contribution in [-0.4, -0.2) is 12.4 Å². The lowest BCUT2D eigenvalue weighted by Gasteiger charge is -2.04. The van der Waals surface area contributed by atoms with Crippen LogP contribution in [0.15, 0.2) is 70.9 Å². The van der Waals surface area contributed by atoms with Gasteiger partial charge in [-0.15, -0.1) is 0 Å². The molecular weight excluding hydrogens is 337 g/mol. The monoisotopic (exact) mass is 352 g/mol. The Morgan fingerprint density at radius 3 is 1.96 bits per heavy atom. The maximum Gasteiger partial charge on any atom is 0.159 e. The molecule has 0 N–H and O–H groups in total. The molecule has 3 aromatic carbocycles. The molecule has 0 amide bonds. The first-order valence-electron chi connectivity index (χ1n) is 7.91. The van der Waals surface area contributed by atoms with E-state index in [1.54, 1.807) is 30.3 Å². The Labute approximate surface area is 149 Å². The van der Waals surface area contributed by atoms with Crippen LogP contribution in [0.4, 0.5) is 13.2 Å². The number of benzene rings is 3. The van der Waals surface area contributed by atoms with E-state index in [9.17, 15) is 13.2 Å². The predicted molar refractivity (Wildman–Crippen MR) is 98.1 cm³/mol. The highest BCUT2D eigenvalue weighted by atomic mass is 19.2. The molecule has 130 valence electrons. The number of halogens is 3. The van der Waals surface area contributed by atoms with Gasteiger partial charge in [0.25, 0.3) is 0 Å². The van der Waals surface area contributed by atoms with Gasteiger partial charge in [0.15, 0.2) is 11.6 Å². The molecule has 0 aromatic heterocycles. The zero-order valence-electron chi connectivity index (χ0n) is 14.0. The average molecular weight is 352 g/mol. The Kier molecular flexibility index (Phi) is 5.27. The molecule has 0 aliphatic heterocycles. The summed E-state index contributed by atoms with van der Waals surface area (Å²) in [4.78, 5) is 0. The Hall–Kier alpha value is -3.21. The van der Waals surface area contributed by atoms with Crippen molar-refractivity contribution in [2.45, 2.75) is 6.92 Å². The molecule has 0 spiro atoms. The van der Waals surface area contributed by atoms with Crippen molar-refractivity contribution in [1.29, 1.82) is 0 Å². The summed E-state index contributed by atoms with van der Waals surface area (Å²) in [6, 6.07) is 15.8. The van der Waals surface area contributed by atoms with Crippen molar-refractivity contribution in [3.63, 3.8) is 0 Å². The Morgan fingerprint density at radius 2 is 1.31 bits per heavy atom. The van der Waals surface area contributed by atoms with Crippen LogP contribution in [0.2, 0.25) is 0 Å². The van der Waals surface area contributed by atoms with Gasteiger partial charge in [-0.1, -0.05) is 42.5 Å². The molecule has 0 bridgehead atoms. The van der Waals surface area contributed by atoms with E-state index in [1.165, 1.54) is 24.6 Å². The minimum atomic E-state index is -0.933. The van der Waals surface area contributed by atoms with Gasteiger partial charge in [-0.3, -0.25) is 0 Å². The van der Waals surface area contributed by atoms with Gasteiger partial charge in [-0.05, 0) is 47.4 Å². The summed E-state index contributed by atoms with van der Waals surface area (Å²) in [5.41, 5.74) is 3.37. The van der Waals surface area contributed by atoms with E-state index in [-0.39, 0.29) is 5.82 Å². The SMILES string of the molecule is Cc1ccc(-c2ccc(C=NN=Cc3ccc(F)c(F)c3)cc2)c(F)c1. The third kappa shape index (κ3) is 4.25. The van der Waals surface area contributed by atoms with Gasteiger partial charge >= 0.3 is 0 Å². The minimum Gasteiger partial charge on any atom is -0.206 e. The summed E-state index contributed by atoms with van der Waals surface area (Å²) in [5.74, 6) is -2.10. The second kappa shape index (κ2) is 7.78. The summed E-state index contributed by atoms with van der Waals surface area (Å²) < 4.78 is 39.9. The molecule has 3 aromatic rings. The van der Waals surface area contributed by atoms with Crippen LogP contribution in [0.5, 0.6) is 0 Å². The minimum absolute atomic E-state index is 0.262. The lowest BCUT2D eigenvalue weighted by Crippen LogP contribution is -1.88. The molecule has 0 unspecified atom stereocenters. The van der Waals surface area contributed by atoms with Crippen LogP contribution in [-0.2, 0) is 0 Å². The zero-order valence-corrected chi connectivity index (χ0v) is 14.0. The van der Waals surface area contributed by atoms with Crippen molar-refractivity contribution in [2.75, 3.05) is 0 Å². The summed E-state index contributed by atoms with van der Waals surface area (Å²) in [7, 11) is 0. The van der Waals surface area contributed by atoms with E-state index in [1.807, 2.05) is 13.0 Å². The lowest BCUT2D eigenvalue weighted by molar-refractivity contribution is 0.508. The smallest absolute Gasteiger partial charge is 0.159 e. The first-order chi connectivity index (χ1) is 12.5. The number of hydrogen-bond acceptors (Lipinski definition) is 2. The molecule has 26 heavy (non-hydrogen) atoms. The highest BCUT2D eigenvalue weighted by Crippen LogP contribution is 2.23. The van der Waals surface area contributed by atoms with E-state index in [2.05, 4.69) is 10.2 Å². The molecule has 0 radical (unpaired) electrons. The van der Waals surface area contributed by atoms with Crippen LogP contribution in [0.25, 0.3) is 11.1 Å². The second-order valence-corrected chi connectivity index (χ2v) is 5.77. The standard InChI is InChI=1S/C21H15F3N2/c1-14-2-8-18(20(23)10-14)17-6-3-15(4-7-17)12-25-26-13-16-5-9-19(22)21(24)11-16/h2-13H,1H3. The van der Waals surface area contributed by atoms with Gasteiger partial charge in [0.2, 0.25) is 0 Å². The predicted octanol–water partition coefficient (Wildman–Crippen LogP) is 5.53. The number of aryl methyl sites for hydroxylation is 1. The van der Waals surface area contributed by atoms with Crippen molar-refractivity contribution in [2.24, 2.45) is 10.2 Å². The molecule has 3 rings (SSSR count). The topological polar surface area (TPSA) is 24.7 Å². The van der Waals surface area contributed by atoms with Crippen LogP contribution in [0, 0.1) is 24.4 Å². The van der Waals surface area contributed by atoms with E-state index < -0.39 is 11.6 Å². The van der Waals surface area contributed by atoms with E-state index in [0.29, 0.717) is 11.1 Å². The zero-order chi connectivity index (χ0) is 18.5. The lowest BCUT2D eigenvalue weighted by atomic mass is 10.0. The fourth-order valence-corrected chi connectivity index (χ4v) is 2.40. The van der Waals surface area contributed by atoms with Crippen molar-refractivity contribution >= 4 is 12.4 Å². The summed E-state index contributed by atoms with van der Waals surface area (Å²) >= 11 is 0. The van der Waals surface area contributed by atoms with Crippen molar-refractivity contribution in [1.82, 2.24) is 0 Å². The average Bonchev–Trinajstić information content (AvgIpc) is 2.62. The fraction of sp³-hybridized carbons (Fsp3) is 0.0476. The van der Waals surface area contributed by atoms with Gasteiger partial charge in [0.1, 0.15) is 5.82 Å². The number of hydrogen-bond donors (Lipinski definition) is 0. The fourth-order valence-electron chi connectivity index (χ4n) is 2.40.